The maximum absolute atomic E-state index is 12.7. The Morgan fingerprint density at radius 3 is 2.94 bits per heavy atom. The lowest BCUT2D eigenvalue weighted by atomic mass is 10.0. The van der Waals surface area contributed by atoms with Crippen LogP contribution in [0.4, 0.5) is 0 Å². The summed E-state index contributed by atoms with van der Waals surface area (Å²) in [6.45, 7) is 6.05. The first-order chi connectivity index (χ1) is 8.58. The molecule has 0 radical (unpaired) electrons. The van der Waals surface area contributed by atoms with E-state index in [9.17, 15) is 4.79 Å². The van der Waals surface area contributed by atoms with Crippen molar-refractivity contribution in [1.82, 2.24) is 20.0 Å². The quantitative estimate of drug-likeness (QED) is 0.789. The van der Waals surface area contributed by atoms with Crippen LogP contribution in [0.2, 0.25) is 0 Å². The van der Waals surface area contributed by atoms with E-state index in [1.54, 1.807) is 4.68 Å². The molecule has 1 aromatic heterocycles. The summed E-state index contributed by atoms with van der Waals surface area (Å²) in [7, 11) is 1.84. The molecule has 3 atom stereocenters. The molecule has 0 bridgehead atoms. The van der Waals surface area contributed by atoms with Gasteiger partial charge in [0.25, 0.3) is 5.91 Å². The second-order valence-electron chi connectivity index (χ2n) is 5.58. The number of hydrogen-bond acceptors (Lipinski definition) is 3. The molecular formula is C13H20N4O. The van der Waals surface area contributed by atoms with Crippen LogP contribution in [0, 0.1) is 12.8 Å². The molecule has 1 amide bonds. The SMILES string of the molecule is Cc1cc(C(=O)N2C(C)CC3CNCC32)n(C)n1. The average molecular weight is 248 g/mol. The summed E-state index contributed by atoms with van der Waals surface area (Å²) in [5, 5.41) is 7.65. The molecule has 2 aliphatic heterocycles. The predicted octanol–water partition coefficient (Wildman–Crippen LogP) is 0.551. The van der Waals surface area contributed by atoms with Crippen LogP contribution < -0.4 is 5.32 Å². The van der Waals surface area contributed by atoms with Crippen LogP contribution in [0.25, 0.3) is 0 Å². The number of carbonyl (C=O) groups excluding carboxylic acids is 1. The molecule has 0 spiro atoms. The fourth-order valence-electron chi connectivity index (χ4n) is 3.46. The van der Waals surface area contributed by atoms with Crippen LogP contribution in [0.3, 0.4) is 0 Å². The minimum absolute atomic E-state index is 0.127. The highest BCUT2D eigenvalue weighted by Crippen LogP contribution is 2.33. The Bertz CT molecular complexity index is 481. The molecule has 0 aliphatic carbocycles. The Labute approximate surface area is 107 Å². The van der Waals surface area contributed by atoms with E-state index in [1.807, 2.05) is 20.0 Å². The lowest BCUT2D eigenvalue weighted by Gasteiger charge is -2.27. The van der Waals surface area contributed by atoms with Crippen molar-refractivity contribution < 1.29 is 4.79 Å². The Balaban J connectivity index is 1.90. The number of rotatable bonds is 1. The van der Waals surface area contributed by atoms with Gasteiger partial charge in [-0.2, -0.15) is 5.10 Å². The number of nitrogens with one attached hydrogen (secondary N) is 1. The number of carbonyl (C=O) groups is 1. The van der Waals surface area contributed by atoms with Gasteiger partial charge >= 0.3 is 0 Å². The molecule has 5 nitrogen and oxygen atoms in total. The number of likely N-dealkylation sites (tertiary alicyclic amines) is 1. The molecule has 18 heavy (non-hydrogen) atoms. The van der Waals surface area contributed by atoms with Crippen LogP contribution in [0.15, 0.2) is 6.07 Å². The van der Waals surface area contributed by atoms with Crippen molar-refractivity contribution in [2.75, 3.05) is 13.1 Å². The second kappa shape index (κ2) is 4.09. The number of aromatic nitrogens is 2. The van der Waals surface area contributed by atoms with Gasteiger partial charge in [0.15, 0.2) is 0 Å². The van der Waals surface area contributed by atoms with E-state index in [1.165, 1.54) is 0 Å². The van der Waals surface area contributed by atoms with Crippen LogP contribution in [-0.4, -0.2) is 45.8 Å². The molecule has 2 saturated heterocycles. The summed E-state index contributed by atoms with van der Waals surface area (Å²) >= 11 is 0. The highest BCUT2D eigenvalue weighted by Gasteiger charge is 2.44. The fraction of sp³-hybridized carbons (Fsp3) is 0.692. The van der Waals surface area contributed by atoms with Gasteiger partial charge in [-0.1, -0.05) is 0 Å². The zero-order valence-corrected chi connectivity index (χ0v) is 11.2. The summed E-state index contributed by atoms with van der Waals surface area (Å²) in [4.78, 5) is 14.7. The normalized spacial score (nSPS) is 30.8. The number of fused-ring (bicyclic) bond motifs is 1. The van der Waals surface area contributed by atoms with Gasteiger partial charge in [0.2, 0.25) is 0 Å². The lowest BCUT2D eigenvalue weighted by molar-refractivity contribution is 0.0671. The molecule has 3 unspecified atom stereocenters. The Kier molecular flexibility index (Phi) is 2.66. The average Bonchev–Trinajstić information content (AvgIpc) is 2.92. The largest absolute Gasteiger partial charge is 0.330 e. The van der Waals surface area contributed by atoms with Gasteiger partial charge in [-0.25, -0.2) is 0 Å². The highest BCUT2D eigenvalue weighted by atomic mass is 16.2. The van der Waals surface area contributed by atoms with Crippen molar-refractivity contribution in [2.45, 2.75) is 32.4 Å². The number of hydrogen-bond donors (Lipinski definition) is 1. The Morgan fingerprint density at radius 1 is 1.50 bits per heavy atom. The maximum Gasteiger partial charge on any atom is 0.272 e. The van der Waals surface area contributed by atoms with E-state index >= 15 is 0 Å². The van der Waals surface area contributed by atoms with Crippen LogP contribution in [0.5, 0.6) is 0 Å². The third-order valence-electron chi connectivity index (χ3n) is 4.24. The van der Waals surface area contributed by atoms with Crippen molar-refractivity contribution in [3.8, 4) is 0 Å². The van der Waals surface area contributed by atoms with Gasteiger partial charge in [-0.3, -0.25) is 9.48 Å². The first-order valence-corrected chi connectivity index (χ1v) is 6.62. The highest BCUT2D eigenvalue weighted by molar-refractivity contribution is 5.93. The first kappa shape index (κ1) is 11.7. The standard InChI is InChI=1S/C13H20N4O/c1-8-4-11(16(3)15-8)13(18)17-9(2)5-10-6-14-7-12(10)17/h4,9-10,12,14H,5-7H2,1-3H3. The Morgan fingerprint density at radius 2 is 2.28 bits per heavy atom. The van der Waals surface area contributed by atoms with E-state index in [0.29, 0.717) is 23.7 Å². The van der Waals surface area contributed by atoms with Gasteiger partial charge in [0.05, 0.1) is 5.69 Å². The van der Waals surface area contributed by atoms with Gasteiger partial charge in [0.1, 0.15) is 5.69 Å². The van der Waals surface area contributed by atoms with Gasteiger partial charge in [-0.15, -0.1) is 0 Å². The molecule has 3 heterocycles. The molecule has 5 heteroatoms. The van der Waals surface area contributed by atoms with Crippen molar-refractivity contribution in [3.05, 3.63) is 17.5 Å². The molecule has 0 aromatic carbocycles. The molecule has 98 valence electrons. The predicted molar refractivity (Wildman–Crippen MR) is 68.3 cm³/mol. The zero-order valence-electron chi connectivity index (χ0n) is 11.2. The van der Waals surface area contributed by atoms with Gasteiger partial charge in [0, 0.05) is 32.2 Å². The monoisotopic (exact) mass is 248 g/mol. The summed E-state index contributed by atoms with van der Waals surface area (Å²) in [6, 6.07) is 2.58. The van der Waals surface area contributed by atoms with E-state index < -0.39 is 0 Å². The second-order valence-corrected chi connectivity index (χ2v) is 5.58. The maximum atomic E-state index is 12.7. The Hall–Kier alpha value is -1.36. The van der Waals surface area contributed by atoms with Crippen LogP contribution >= 0.6 is 0 Å². The molecule has 2 aliphatic rings. The molecule has 0 saturated carbocycles. The fourth-order valence-corrected chi connectivity index (χ4v) is 3.46. The van der Waals surface area contributed by atoms with Gasteiger partial charge < -0.3 is 10.2 Å². The van der Waals surface area contributed by atoms with E-state index in [2.05, 4.69) is 22.2 Å². The molecular weight excluding hydrogens is 228 g/mol. The van der Waals surface area contributed by atoms with Crippen molar-refractivity contribution in [2.24, 2.45) is 13.0 Å². The van der Waals surface area contributed by atoms with Crippen molar-refractivity contribution in [3.63, 3.8) is 0 Å². The molecule has 2 fully saturated rings. The molecule has 3 rings (SSSR count). The molecule has 1 N–H and O–H groups in total. The summed E-state index contributed by atoms with van der Waals surface area (Å²) in [5.41, 5.74) is 1.60. The number of amides is 1. The minimum Gasteiger partial charge on any atom is -0.330 e. The topological polar surface area (TPSA) is 50.2 Å². The van der Waals surface area contributed by atoms with Crippen molar-refractivity contribution in [1.29, 1.82) is 0 Å². The smallest absolute Gasteiger partial charge is 0.272 e. The summed E-state index contributed by atoms with van der Waals surface area (Å²) < 4.78 is 1.69. The van der Waals surface area contributed by atoms with E-state index in [0.717, 1.165) is 25.2 Å². The number of nitrogens with zero attached hydrogens (tertiary/aromatic N) is 3. The molecule has 1 aromatic rings. The first-order valence-electron chi connectivity index (χ1n) is 6.62. The third kappa shape index (κ3) is 1.65. The minimum atomic E-state index is 0.127. The number of aryl methyl sites for hydroxylation is 2. The van der Waals surface area contributed by atoms with E-state index in [-0.39, 0.29) is 5.91 Å². The van der Waals surface area contributed by atoms with E-state index in [4.69, 9.17) is 0 Å². The van der Waals surface area contributed by atoms with Crippen molar-refractivity contribution >= 4 is 5.91 Å². The summed E-state index contributed by atoms with van der Waals surface area (Å²) in [5.74, 6) is 0.750. The lowest BCUT2D eigenvalue weighted by Crippen LogP contribution is -2.43. The summed E-state index contributed by atoms with van der Waals surface area (Å²) in [6.07, 6.45) is 1.11. The zero-order chi connectivity index (χ0) is 12.9. The van der Waals surface area contributed by atoms with Gasteiger partial charge in [-0.05, 0) is 32.3 Å². The van der Waals surface area contributed by atoms with Crippen LogP contribution in [0.1, 0.15) is 29.5 Å². The van der Waals surface area contributed by atoms with Crippen LogP contribution in [-0.2, 0) is 7.05 Å². The third-order valence-corrected chi connectivity index (χ3v) is 4.24.